The Kier molecular flexibility index (Phi) is 7.02. The number of carbonyl (C=O) groups excluding carboxylic acids is 1. The zero-order chi connectivity index (χ0) is 25.0. The Balaban J connectivity index is 1.59. The van der Waals surface area contributed by atoms with Crippen LogP contribution in [0.15, 0.2) is 55.0 Å². The average molecular weight is 481 g/mol. The van der Waals surface area contributed by atoms with Gasteiger partial charge in [0.15, 0.2) is 5.82 Å². The fourth-order valence-electron chi connectivity index (χ4n) is 3.74. The fourth-order valence-corrected chi connectivity index (χ4v) is 3.74. The van der Waals surface area contributed by atoms with E-state index in [1.54, 1.807) is 36.7 Å². The summed E-state index contributed by atoms with van der Waals surface area (Å²) in [7, 11) is 0. The normalized spacial score (nSPS) is 14.6. The van der Waals surface area contributed by atoms with Gasteiger partial charge in [-0.3, -0.25) is 9.78 Å². The van der Waals surface area contributed by atoms with E-state index < -0.39 is 17.5 Å². The van der Waals surface area contributed by atoms with Gasteiger partial charge in [-0.05, 0) is 42.8 Å². The summed E-state index contributed by atoms with van der Waals surface area (Å²) >= 11 is 0. The SMILES string of the molecule is Cc1ccc(NC(=O)c2ccnc(C(C)(F)F)c2)cc1C(=N)/C=C(\c1ncc[nH]1)N1CCOCC1. The fraction of sp³-hybridized carbons (Fsp3) is 0.280. The summed E-state index contributed by atoms with van der Waals surface area (Å²) in [5, 5.41) is 11.5. The monoisotopic (exact) mass is 480 g/mol. The minimum Gasteiger partial charge on any atom is -0.378 e. The van der Waals surface area contributed by atoms with Crippen molar-refractivity contribution in [3.63, 3.8) is 0 Å². The van der Waals surface area contributed by atoms with Crippen LogP contribution in [0.2, 0.25) is 0 Å². The number of morpholine rings is 1. The van der Waals surface area contributed by atoms with Crippen molar-refractivity contribution >= 4 is 23.0 Å². The molecule has 0 saturated carbocycles. The maximum absolute atomic E-state index is 13.6. The molecule has 3 aromatic rings. The summed E-state index contributed by atoms with van der Waals surface area (Å²) in [6, 6.07) is 7.66. The van der Waals surface area contributed by atoms with Gasteiger partial charge in [-0.2, -0.15) is 8.78 Å². The van der Waals surface area contributed by atoms with Crippen LogP contribution in [0.25, 0.3) is 5.70 Å². The number of rotatable bonds is 7. The molecule has 182 valence electrons. The maximum Gasteiger partial charge on any atom is 0.286 e. The van der Waals surface area contributed by atoms with E-state index in [0.29, 0.717) is 43.4 Å². The van der Waals surface area contributed by atoms with E-state index in [-0.39, 0.29) is 11.3 Å². The smallest absolute Gasteiger partial charge is 0.286 e. The average Bonchev–Trinajstić information content (AvgIpc) is 3.38. The molecule has 2 aromatic heterocycles. The van der Waals surface area contributed by atoms with Crippen LogP contribution in [0.5, 0.6) is 0 Å². The van der Waals surface area contributed by atoms with E-state index in [4.69, 9.17) is 10.1 Å². The summed E-state index contributed by atoms with van der Waals surface area (Å²) in [4.78, 5) is 25.9. The van der Waals surface area contributed by atoms with Crippen LogP contribution >= 0.6 is 0 Å². The van der Waals surface area contributed by atoms with Crippen LogP contribution in [-0.4, -0.2) is 57.8 Å². The molecule has 35 heavy (non-hydrogen) atoms. The Morgan fingerprint density at radius 2 is 1.97 bits per heavy atom. The van der Waals surface area contributed by atoms with Crippen LogP contribution in [0.3, 0.4) is 0 Å². The number of H-pyrrole nitrogens is 1. The molecule has 1 aliphatic rings. The largest absolute Gasteiger partial charge is 0.378 e. The first kappa shape index (κ1) is 24.2. The maximum atomic E-state index is 13.6. The molecule has 3 heterocycles. The van der Waals surface area contributed by atoms with E-state index in [1.807, 2.05) is 6.92 Å². The van der Waals surface area contributed by atoms with Gasteiger partial charge in [0.05, 0.1) is 24.6 Å². The molecule has 3 N–H and O–H groups in total. The third kappa shape index (κ3) is 5.78. The van der Waals surface area contributed by atoms with Gasteiger partial charge in [0.2, 0.25) is 0 Å². The van der Waals surface area contributed by atoms with Crippen LogP contribution in [0.1, 0.15) is 39.9 Å². The number of pyridine rings is 1. The van der Waals surface area contributed by atoms with Crippen LogP contribution < -0.4 is 5.32 Å². The summed E-state index contributed by atoms with van der Waals surface area (Å²) in [6.45, 7) is 5.15. The minimum atomic E-state index is -3.15. The zero-order valence-electron chi connectivity index (χ0n) is 19.4. The lowest BCUT2D eigenvalue weighted by atomic mass is 10.0. The molecule has 0 atom stereocenters. The van der Waals surface area contributed by atoms with Gasteiger partial charge in [-0.15, -0.1) is 0 Å². The van der Waals surface area contributed by atoms with Gasteiger partial charge in [0, 0.05) is 55.4 Å². The van der Waals surface area contributed by atoms with E-state index in [2.05, 4.69) is 25.2 Å². The second kappa shape index (κ2) is 10.1. The molecule has 1 fully saturated rings. The number of carbonyl (C=O) groups is 1. The molecular formula is C25H26F2N6O2. The molecule has 0 radical (unpaired) electrons. The lowest BCUT2D eigenvalue weighted by molar-refractivity contribution is 0.0127. The van der Waals surface area contributed by atoms with Gasteiger partial charge in [0.1, 0.15) is 5.69 Å². The number of hydrogen-bond donors (Lipinski definition) is 3. The van der Waals surface area contributed by atoms with Gasteiger partial charge >= 0.3 is 0 Å². The van der Waals surface area contributed by atoms with Crippen molar-refractivity contribution < 1.29 is 18.3 Å². The van der Waals surface area contributed by atoms with Gasteiger partial charge in [-0.1, -0.05) is 6.07 Å². The molecular weight excluding hydrogens is 454 g/mol. The molecule has 0 bridgehead atoms. The molecule has 0 unspecified atom stereocenters. The lowest BCUT2D eigenvalue weighted by Gasteiger charge is -2.30. The highest BCUT2D eigenvalue weighted by molar-refractivity contribution is 6.12. The van der Waals surface area contributed by atoms with Crippen molar-refractivity contribution in [2.75, 3.05) is 31.6 Å². The third-order valence-corrected chi connectivity index (χ3v) is 5.63. The summed E-state index contributed by atoms with van der Waals surface area (Å²) in [6.07, 6.45) is 6.32. The van der Waals surface area contributed by atoms with Crippen molar-refractivity contribution in [1.82, 2.24) is 19.9 Å². The van der Waals surface area contributed by atoms with Crippen molar-refractivity contribution in [2.45, 2.75) is 19.8 Å². The number of hydrogen-bond acceptors (Lipinski definition) is 6. The number of alkyl halides is 2. The number of benzene rings is 1. The van der Waals surface area contributed by atoms with Crippen molar-refractivity contribution in [2.24, 2.45) is 0 Å². The van der Waals surface area contributed by atoms with Crippen LogP contribution in [0, 0.1) is 12.3 Å². The first-order valence-corrected chi connectivity index (χ1v) is 11.1. The number of amides is 1. The zero-order valence-corrected chi connectivity index (χ0v) is 19.4. The quantitative estimate of drug-likeness (QED) is 0.439. The Bertz CT molecular complexity index is 1250. The molecule has 4 rings (SSSR count). The Morgan fingerprint density at radius 3 is 2.66 bits per heavy atom. The molecule has 1 aromatic carbocycles. The number of anilines is 1. The molecule has 8 nitrogen and oxygen atoms in total. The van der Waals surface area contributed by atoms with E-state index >= 15 is 0 Å². The summed E-state index contributed by atoms with van der Waals surface area (Å²) < 4.78 is 32.7. The number of ether oxygens (including phenoxy) is 1. The minimum absolute atomic E-state index is 0.0704. The first-order valence-electron chi connectivity index (χ1n) is 11.1. The highest BCUT2D eigenvalue weighted by atomic mass is 19.3. The molecule has 1 aliphatic heterocycles. The van der Waals surface area contributed by atoms with Crippen LogP contribution in [-0.2, 0) is 10.7 Å². The Labute approximate surface area is 201 Å². The highest BCUT2D eigenvalue weighted by Crippen LogP contribution is 2.26. The van der Waals surface area contributed by atoms with E-state index in [0.717, 1.165) is 24.3 Å². The number of allylic oxidation sites excluding steroid dienone is 1. The number of halogens is 2. The number of aromatic nitrogens is 3. The van der Waals surface area contributed by atoms with Gasteiger partial charge in [0.25, 0.3) is 11.8 Å². The predicted molar refractivity (Wildman–Crippen MR) is 129 cm³/mol. The number of aromatic amines is 1. The van der Waals surface area contributed by atoms with Crippen molar-refractivity contribution in [3.05, 3.63) is 83.2 Å². The summed E-state index contributed by atoms with van der Waals surface area (Å²) in [5.41, 5.74) is 2.53. The molecule has 0 aliphatic carbocycles. The second-order valence-electron chi connectivity index (χ2n) is 8.28. The highest BCUT2D eigenvalue weighted by Gasteiger charge is 2.27. The van der Waals surface area contributed by atoms with Crippen LogP contribution in [0.4, 0.5) is 14.5 Å². The topological polar surface area (TPSA) is 107 Å². The Morgan fingerprint density at radius 1 is 1.20 bits per heavy atom. The van der Waals surface area contributed by atoms with Gasteiger partial charge in [-0.25, -0.2) is 4.98 Å². The number of imidazole rings is 1. The first-order chi connectivity index (χ1) is 16.7. The predicted octanol–water partition coefficient (Wildman–Crippen LogP) is 4.22. The van der Waals surface area contributed by atoms with Crippen molar-refractivity contribution in [1.29, 1.82) is 5.41 Å². The molecule has 1 amide bonds. The molecule has 10 heteroatoms. The third-order valence-electron chi connectivity index (χ3n) is 5.63. The lowest BCUT2D eigenvalue weighted by Crippen LogP contribution is -2.35. The molecule has 1 saturated heterocycles. The standard InChI is InChI=1S/C25H26F2N6O2/c1-16-3-4-18(32-24(34)17-5-6-29-22(13-17)25(2,26)27)14-19(16)20(28)15-21(23-30-7-8-31-23)33-9-11-35-12-10-33/h3-8,13-15,28H,9-12H2,1-2H3,(H,30,31)(H,32,34)/b21-15+,28-20?. The number of nitrogens with zero attached hydrogens (tertiary/aromatic N) is 3. The van der Waals surface area contributed by atoms with Gasteiger partial charge < -0.3 is 25.3 Å². The second-order valence-corrected chi connectivity index (χ2v) is 8.28. The summed E-state index contributed by atoms with van der Waals surface area (Å²) in [5.74, 6) is -3.04. The van der Waals surface area contributed by atoms with Crippen molar-refractivity contribution in [3.8, 4) is 0 Å². The number of nitrogens with one attached hydrogen (secondary N) is 3. The Hall–Kier alpha value is -3.92. The molecule has 0 spiro atoms. The van der Waals surface area contributed by atoms with E-state index in [9.17, 15) is 13.6 Å². The number of aryl methyl sites for hydroxylation is 1. The van der Waals surface area contributed by atoms with E-state index in [1.165, 1.54) is 12.3 Å².